The molecule has 19 heavy (non-hydrogen) atoms. The minimum absolute atomic E-state index is 0.599. The summed E-state index contributed by atoms with van der Waals surface area (Å²) in [6.45, 7) is 5.67. The molecule has 0 atom stereocenters. The van der Waals surface area contributed by atoms with Crippen molar-refractivity contribution in [1.82, 2.24) is 14.8 Å². The van der Waals surface area contributed by atoms with E-state index < -0.39 is 0 Å². The van der Waals surface area contributed by atoms with Crippen LogP contribution in [0.15, 0.2) is 18.2 Å². The minimum atomic E-state index is 0.599. The summed E-state index contributed by atoms with van der Waals surface area (Å²) in [5, 5.41) is 0.599. The van der Waals surface area contributed by atoms with Crippen LogP contribution in [0.5, 0.6) is 0 Å². The van der Waals surface area contributed by atoms with E-state index in [4.69, 9.17) is 11.6 Å². The van der Waals surface area contributed by atoms with Gasteiger partial charge in [-0.3, -0.25) is 9.80 Å². The van der Waals surface area contributed by atoms with Gasteiger partial charge in [0.25, 0.3) is 0 Å². The topological polar surface area (TPSA) is 19.4 Å². The van der Waals surface area contributed by atoms with Gasteiger partial charge in [0.1, 0.15) is 5.15 Å². The Balaban J connectivity index is 1.50. The number of halogens is 1. The maximum atomic E-state index is 5.93. The largest absolute Gasteiger partial charge is 0.298 e. The van der Waals surface area contributed by atoms with Crippen LogP contribution in [0.3, 0.4) is 0 Å². The van der Waals surface area contributed by atoms with E-state index in [0.29, 0.717) is 5.15 Å². The molecule has 104 valence electrons. The van der Waals surface area contributed by atoms with E-state index in [0.717, 1.165) is 31.4 Å². The zero-order valence-corrected chi connectivity index (χ0v) is 12.1. The van der Waals surface area contributed by atoms with E-state index in [9.17, 15) is 0 Å². The number of aromatic nitrogens is 1. The first-order chi connectivity index (χ1) is 9.31. The molecule has 1 aromatic rings. The molecular weight excluding hydrogens is 258 g/mol. The van der Waals surface area contributed by atoms with Crippen molar-refractivity contribution in [2.75, 3.05) is 26.2 Å². The van der Waals surface area contributed by atoms with Crippen molar-refractivity contribution in [2.45, 2.75) is 38.3 Å². The Morgan fingerprint density at radius 3 is 2.53 bits per heavy atom. The van der Waals surface area contributed by atoms with Crippen molar-refractivity contribution >= 4 is 11.6 Å². The molecule has 0 N–H and O–H groups in total. The minimum Gasteiger partial charge on any atom is -0.298 e. The highest BCUT2D eigenvalue weighted by Gasteiger charge is 2.26. The summed E-state index contributed by atoms with van der Waals surface area (Å²) in [5.74, 6) is 0. The molecule has 3 nitrogen and oxygen atoms in total. The van der Waals surface area contributed by atoms with Gasteiger partial charge < -0.3 is 0 Å². The Bertz CT molecular complexity index is 410. The average Bonchev–Trinajstić information content (AvgIpc) is 2.94. The monoisotopic (exact) mass is 279 g/mol. The highest BCUT2D eigenvalue weighted by atomic mass is 35.5. The van der Waals surface area contributed by atoms with Crippen molar-refractivity contribution in [3.05, 3.63) is 29.0 Å². The van der Waals surface area contributed by atoms with E-state index in [2.05, 4.69) is 20.9 Å². The molecule has 2 fully saturated rings. The van der Waals surface area contributed by atoms with Gasteiger partial charge in [0, 0.05) is 38.8 Å². The number of pyridine rings is 1. The van der Waals surface area contributed by atoms with Gasteiger partial charge in [-0.2, -0.15) is 0 Å². The molecule has 2 heterocycles. The van der Waals surface area contributed by atoms with Crippen LogP contribution in [0.25, 0.3) is 0 Å². The quantitative estimate of drug-likeness (QED) is 0.793. The summed E-state index contributed by atoms with van der Waals surface area (Å²) in [4.78, 5) is 9.55. The van der Waals surface area contributed by atoms with Gasteiger partial charge in [-0.25, -0.2) is 4.98 Å². The molecule has 3 rings (SSSR count). The lowest BCUT2D eigenvalue weighted by Crippen LogP contribution is -2.49. The van der Waals surface area contributed by atoms with Gasteiger partial charge in [-0.15, -0.1) is 0 Å². The first kappa shape index (κ1) is 13.3. The van der Waals surface area contributed by atoms with Gasteiger partial charge in [0.2, 0.25) is 0 Å². The standard InChI is InChI=1S/C15H22ClN3/c16-15-7-3-4-13(17-15)12-18-8-10-19(11-9-18)14-5-1-2-6-14/h3-4,7,14H,1-2,5-6,8-12H2. The lowest BCUT2D eigenvalue weighted by Gasteiger charge is -2.37. The van der Waals surface area contributed by atoms with E-state index in [1.165, 1.54) is 38.8 Å². The van der Waals surface area contributed by atoms with Gasteiger partial charge in [0.15, 0.2) is 0 Å². The summed E-state index contributed by atoms with van der Waals surface area (Å²) in [6, 6.07) is 6.75. The molecule has 0 unspecified atom stereocenters. The number of hydrogen-bond acceptors (Lipinski definition) is 3. The summed E-state index contributed by atoms with van der Waals surface area (Å²) >= 11 is 5.93. The normalized spacial score (nSPS) is 23.0. The van der Waals surface area contributed by atoms with Gasteiger partial charge in [0.05, 0.1) is 5.69 Å². The smallest absolute Gasteiger partial charge is 0.129 e. The maximum absolute atomic E-state index is 5.93. The molecule has 1 saturated carbocycles. The fourth-order valence-corrected chi connectivity index (χ4v) is 3.50. The first-order valence-corrected chi connectivity index (χ1v) is 7.77. The van der Waals surface area contributed by atoms with E-state index in [1.807, 2.05) is 12.1 Å². The Kier molecular flexibility index (Phi) is 4.36. The molecule has 2 aliphatic rings. The Hall–Kier alpha value is -0.640. The summed E-state index contributed by atoms with van der Waals surface area (Å²) in [5.41, 5.74) is 1.09. The maximum Gasteiger partial charge on any atom is 0.129 e. The molecule has 1 aliphatic heterocycles. The van der Waals surface area contributed by atoms with Crippen LogP contribution in [0.2, 0.25) is 5.15 Å². The predicted molar refractivity (Wildman–Crippen MR) is 78.4 cm³/mol. The summed E-state index contributed by atoms with van der Waals surface area (Å²) in [7, 11) is 0. The fourth-order valence-electron chi connectivity index (χ4n) is 3.32. The zero-order chi connectivity index (χ0) is 13.1. The van der Waals surface area contributed by atoms with Crippen LogP contribution in [-0.4, -0.2) is 47.0 Å². The third-order valence-corrected chi connectivity index (χ3v) is 4.62. The summed E-state index contributed by atoms with van der Waals surface area (Å²) in [6.07, 6.45) is 5.68. The second-order valence-corrected chi connectivity index (χ2v) is 6.09. The molecule has 1 aromatic heterocycles. The van der Waals surface area contributed by atoms with Crippen molar-refractivity contribution in [2.24, 2.45) is 0 Å². The highest BCUT2D eigenvalue weighted by Crippen LogP contribution is 2.24. The highest BCUT2D eigenvalue weighted by molar-refractivity contribution is 6.29. The van der Waals surface area contributed by atoms with Crippen LogP contribution < -0.4 is 0 Å². The predicted octanol–water partition coefficient (Wildman–Crippen LogP) is 2.80. The molecule has 0 bridgehead atoms. The van der Waals surface area contributed by atoms with Crippen LogP contribution in [0.4, 0.5) is 0 Å². The number of nitrogens with zero attached hydrogens (tertiary/aromatic N) is 3. The van der Waals surface area contributed by atoms with E-state index in [-0.39, 0.29) is 0 Å². The molecule has 4 heteroatoms. The molecule has 0 aromatic carbocycles. The first-order valence-electron chi connectivity index (χ1n) is 7.39. The van der Waals surface area contributed by atoms with Crippen molar-refractivity contribution in [3.63, 3.8) is 0 Å². The van der Waals surface area contributed by atoms with Crippen molar-refractivity contribution in [1.29, 1.82) is 0 Å². The molecule has 0 amide bonds. The van der Waals surface area contributed by atoms with E-state index in [1.54, 1.807) is 0 Å². The Morgan fingerprint density at radius 2 is 1.84 bits per heavy atom. The second-order valence-electron chi connectivity index (χ2n) is 5.70. The van der Waals surface area contributed by atoms with Crippen LogP contribution in [0, 0.1) is 0 Å². The molecule has 1 saturated heterocycles. The van der Waals surface area contributed by atoms with Gasteiger partial charge in [-0.05, 0) is 25.0 Å². The fraction of sp³-hybridized carbons (Fsp3) is 0.667. The Labute approximate surface area is 120 Å². The van der Waals surface area contributed by atoms with Gasteiger partial charge >= 0.3 is 0 Å². The molecule has 0 radical (unpaired) electrons. The van der Waals surface area contributed by atoms with Crippen LogP contribution in [-0.2, 0) is 6.54 Å². The molecule has 1 aliphatic carbocycles. The van der Waals surface area contributed by atoms with Crippen molar-refractivity contribution < 1.29 is 0 Å². The average molecular weight is 280 g/mol. The number of piperazine rings is 1. The third kappa shape index (κ3) is 3.47. The number of hydrogen-bond donors (Lipinski definition) is 0. The molecular formula is C15H22ClN3. The third-order valence-electron chi connectivity index (χ3n) is 4.41. The van der Waals surface area contributed by atoms with Crippen LogP contribution in [0.1, 0.15) is 31.4 Å². The number of rotatable bonds is 3. The van der Waals surface area contributed by atoms with Gasteiger partial charge in [-0.1, -0.05) is 30.5 Å². The molecule has 0 spiro atoms. The lowest BCUT2D eigenvalue weighted by atomic mass is 10.2. The Morgan fingerprint density at radius 1 is 1.11 bits per heavy atom. The van der Waals surface area contributed by atoms with Crippen molar-refractivity contribution in [3.8, 4) is 0 Å². The SMILES string of the molecule is Clc1cccc(CN2CCN(C3CCCC3)CC2)n1. The summed E-state index contributed by atoms with van der Waals surface area (Å²) < 4.78 is 0. The lowest BCUT2D eigenvalue weighted by molar-refractivity contribution is 0.0930. The van der Waals surface area contributed by atoms with Crippen LogP contribution >= 0.6 is 11.6 Å². The zero-order valence-electron chi connectivity index (χ0n) is 11.4. The second kappa shape index (κ2) is 6.21. The van der Waals surface area contributed by atoms with E-state index >= 15 is 0 Å².